The van der Waals surface area contributed by atoms with Crippen molar-refractivity contribution in [1.29, 1.82) is 0 Å². The normalized spacial score (nSPS) is 13.0. The SMILES string of the molecule is [O]c1cc2ccc3ccc4ccc5ccc1c1c5c4c3c21. The van der Waals surface area contributed by atoms with Crippen LogP contribution in [-0.4, -0.2) is 0 Å². The molecule has 0 bridgehead atoms. The molecule has 0 unspecified atom stereocenters. The molecule has 95 valence electrons. The molecule has 6 aromatic carbocycles. The quantitative estimate of drug-likeness (QED) is 0.304. The molecule has 0 aromatic heterocycles. The summed E-state index contributed by atoms with van der Waals surface area (Å²) in [5.74, 6) is 0.128. The first-order valence-corrected chi connectivity index (χ1v) is 7.17. The number of hydrogen-bond acceptors (Lipinski definition) is 0. The third-order valence-electron chi connectivity index (χ3n) is 4.98. The van der Waals surface area contributed by atoms with Gasteiger partial charge in [-0.1, -0.05) is 42.5 Å². The molecular weight excluding hydrogens is 256 g/mol. The van der Waals surface area contributed by atoms with Gasteiger partial charge >= 0.3 is 0 Å². The summed E-state index contributed by atoms with van der Waals surface area (Å²) in [5, 5.41) is 24.4. The Morgan fingerprint density at radius 3 is 1.52 bits per heavy atom. The molecule has 1 heteroatoms. The Labute approximate surface area is 120 Å². The minimum absolute atomic E-state index is 0.128. The Balaban J connectivity index is 2.25. The highest BCUT2D eigenvalue weighted by Gasteiger charge is 2.21. The molecule has 0 aliphatic heterocycles. The molecule has 0 atom stereocenters. The molecule has 0 heterocycles. The van der Waals surface area contributed by atoms with Gasteiger partial charge in [0.2, 0.25) is 0 Å². The number of benzene rings is 5. The summed E-state index contributed by atoms with van der Waals surface area (Å²) in [7, 11) is 0. The van der Waals surface area contributed by atoms with Gasteiger partial charge in [-0.2, -0.15) is 0 Å². The summed E-state index contributed by atoms with van der Waals surface area (Å²) in [5.41, 5.74) is 0. The minimum Gasteiger partial charge on any atom is -0.289 e. The van der Waals surface area contributed by atoms with Crippen molar-refractivity contribution in [3.63, 3.8) is 0 Å². The van der Waals surface area contributed by atoms with Crippen molar-refractivity contribution in [2.75, 3.05) is 0 Å². The van der Waals surface area contributed by atoms with E-state index in [0.29, 0.717) is 0 Å². The van der Waals surface area contributed by atoms with Gasteiger partial charge in [0.1, 0.15) is 0 Å². The molecule has 1 nitrogen and oxygen atoms in total. The third kappa shape index (κ3) is 0.935. The fraction of sp³-hybridized carbons (Fsp3) is 0. The standard InChI is InChI=1S/C20H9O/c21-15-9-13-6-5-11-2-1-10-3-4-12-7-8-14(15)20-18(12)16(10)17(11)19(13)20/h1-9H. The van der Waals surface area contributed by atoms with Gasteiger partial charge in [-0.3, -0.25) is 5.11 Å². The second-order valence-electron chi connectivity index (χ2n) is 5.95. The lowest BCUT2D eigenvalue weighted by atomic mass is 9.99. The van der Waals surface area contributed by atoms with E-state index >= 15 is 0 Å². The van der Waals surface area contributed by atoms with E-state index in [1.165, 1.54) is 37.7 Å². The first-order valence-electron chi connectivity index (χ1n) is 7.17. The molecule has 0 amide bonds. The lowest BCUT2D eigenvalue weighted by molar-refractivity contribution is 0.361. The molecule has 0 fully saturated rings. The summed E-state index contributed by atoms with van der Waals surface area (Å²) in [6.07, 6.45) is 0. The van der Waals surface area contributed by atoms with Crippen LogP contribution in [0.15, 0.2) is 54.6 Å². The molecule has 0 aliphatic rings. The maximum atomic E-state index is 12.4. The van der Waals surface area contributed by atoms with E-state index in [1.54, 1.807) is 6.07 Å². The van der Waals surface area contributed by atoms with Crippen LogP contribution >= 0.6 is 0 Å². The summed E-state index contributed by atoms with van der Waals surface area (Å²) >= 11 is 0. The number of rotatable bonds is 0. The molecule has 0 N–H and O–H groups in total. The van der Waals surface area contributed by atoms with Crippen LogP contribution in [0.25, 0.3) is 53.9 Å². The summed E-state index contributed by atoms with van der Waals surface area (Å²) in [4.78, 5) is 0. The van der Waals surface area contributed by atoms with E-state index in [2.05, 4.69) is 42.5 Å². The maximum absolute atomic E-state index is 12.4. The predicted octanol–water partition coefficient (Wildman–Crippen LogP) is 5.91. The highest BCUT2D eigenvalue weighted by Crippen LogP contribution is 2.49. The zero-order valence-corrected chi connectivity index (χ0v) is 11.1. The van der Waals surface area contributed by atoms with Crippen LogP contribution in [0.4, 0.5) is 0 Å². The summed E-state index contributed by atoms with van der Waals surface area (Å²) < 4.78 is 0. The predicted molar refractivity (Wildman–Crippen MR) is 87.7 cm³/mol. The van der Waals surface area contributed by atoms with Gasteiger partial charge in [-0.05, 0) is 55.2 Å². The van der Waals surface area contributed by atoms with Crippen molar-refractivity contribution in [3.8, 4) is 5.75 Å². The molecule has 0 aliphatic carbocycles. The maximum Gasteiger partial charge on any atom is 0.187 e. The van der Waals surface area contributed by atoms with Crippen molar-refractivity contribution in [2.24, 2.45) is 0 Å². The smallest absolute Gasteiger partial charge is 0.187 e. The Morgan fingerprint density at radius 2 is 0.905 bits per heavy atom. The lowest BCUT2D eigenvalue weighted by Gasteiger charge is -2.05. The second-order valence-corrected chi connectivity index (χ2v) is 5.95. The van der Waals surface area contributed by atoms with Gasteiger partial charge in [0, 0.05) is 10.8 Å². The van der Waals surface area contributed by atoms with Crippen molar-refractivity contribution in [3.05, 3.63) is 54.6 Å². The third-order valence-corrected chi connectivity index (χ3v) is 4.98. The largest absolute Gasteiger partial charge is 0.289 e. The van der Waals surface area contributed by atoms with E-state index in [4.69, 9.17) is 0 Å². The van der Waals surface area contributed by atoms with E-state index < -0.39 is 0 Å². The van der Waals surface area contributed by atoms with Gasteiger partial charge in [0.25, 0.3) is 0 Å². The monoisotopic (exact) mass is 265 g/mol. The number of hydrogen-bond donors (Lipinski definition) is 0. The van der Waals surface area contributed by atoms with Crippen LogP contribution in [-0.2, 0) is 5.11 Å². The highest BCUT2D eigenvalue weighted by molar-refractivity contribution is 6.44. The molecular formula is C20H9O. The van der Waals surface area contributed by atoms with Crippen molar-refractivity contribution >= 4 is 53.9 Å². The first-order chi connectivity index (χ1) is 10.3. The Bertz CT molecular complexity index is 1240. The average molecular weight is 265 g/mol. The van der Waals surface area contributed by atoms with E-state index in [-0.39, 0.29) is 5.75 Å². The Kier molecular flexibility index (Phi) is 1.40. The van der Waals surface area contributed by atoms with E-state index in [9.17, 15) is 5.11 Å². The van der Waals surface area contributed by atoms with Crippen LogP contribution in [0.3, 0.4) is 0 Å². The van der Waals surface area contributed by atoms with Crippen molar-refractivity contribution in [2.45, 2.75) is 0 Å². The van der Waals surface area contributed by atoms with Gasteiger partial charge in [-0.25, -0.2) is 0 Å². The van der Waals surface area contributed by atoms with Crippen LogP contribution < -0.4 is 0 Å². The fourth-order valence-corrected chi connectivity index (χ4v) is 4.14. The fourth-order valence-electron chi connectivity index (χ4n) is 4.14. The average Bonchev–Trinajstić information content (AvgIpc) is 2.88. The molecule has 6 aromatic rings. The Morgan fingerprint density at radius 1 is 0.476 bits per heavy atom. The van der Waals surface area contributed by atoms with Crippen molar-refractivity contribution in [1.82, 2.24) is 0 Å². The molecule has 1 radical (unpaired) electrons. The zero-order chi connectivity index (χ0) is 13.7. The van der Waals surface area contributed by atoms with Gasteiger partial charge in [0.05, 0.1) is 0 Å². The van der Waals surface area contributed by atoms with E-state index in [1.807, 2.05) is 6.07 Å². The van der Waals surface area contributed by atoms with Crippen LogP contribution in [0.1, 0.15) is 0 Å². The molecule has 6 rings (SSSR count). The molecule has 0 saturated carbocycles. The zero-order valence-electron chi connectivity index (χ0n) is 11.1. The lowest BCUT2D eigenvalue weighted by Crippen LogP contribution is -1.77. The summed E-state index contributed by atoms with van der Waals surface area (Å²) in [6, 6.07) is 18.8. The van der Waals surface area contributed by atoms with Gasteiger partial charge < -0.3 is 0 Å². The second kappa shape index (κ2) is 2.94. The molecule has 0 saturated heterocycles. The van der Waals surface area contributed by atoms with Crippen LogP contribution in [0.2, 0.25) is 0 Å². The summed E-state index contributed by atoms with van der Waals surface area (Å²) in [6.45, 7) is 0. The topological polar surface area (TPSA) is 19.9 Å². The van der Waals surface area contributed by atoms with Crippen LogP contribution in [0.5, 0.6) is 5.75 Å². The first kappa shape index (κ1) is 10.0. The minimum atomic E-state index is 0.128. The molecule has 21 heavy (non-hydrogen) atoms. The van der Waals surface area contributed by atoms with Gasteiger partial charge in [0.15, 0.2) is 5.75 Å². The highest BCUT2D eigenvalue weighted by atomic mass is 16.3. The van der Waals surface area contributed by atoms with Crippen LogP contribution in [0, 0.1) is 0 Å². The molecule has 0 spiro atoms. The Hall–Kier alpha value is -2.80. The van der Waals surface area contributed by atoms with Crippen molar-refractivity contribution < 1.29 is 5.11 Å². The van der Waals surface area contributed by atoms with E-state index in [0.717, 1.165) is 16.2 Å². The van der Waals surface area contributed by atoms with Gasteiger partial charge in [-0.15, -0.1) is 0 Å².